The summed E-state index contributed by atoms with van der Waals surface area (Å²) in [6.07, 6.45) is 5.27. The normalized spacial score (nSPS) is 16.9. The number of carboxylic acids is 1. The van der Waals surface area contributed by atoms with Gasteiger partial charge in [-0.05, 0) is 94.1 Å². The minimum absolute atomic E-state index is 0.0339. The number of nitrogens with one attached hydrogen (secondary N) is 1. The zero-order valence-corrected chi connectivity index (χ0v) is 21.8. The molecule has 0 radical (unpaired) electrons. The van der Waals surface area contributed by atoms with Crippen molar-refractivity contribution in [1.82, 2.24) is 9.88 Å². The lowest BCUT2D eigenvalue weighted by Crippen LogP contribution is -2.54. The molecule has 2 amide bonds. The number of aryl methyl sites for hydroxylation is 3. The third-order valence-corrected chi connectivity index (χ3v) is 8.30. The number of hydrogen-bond donors (Lipinski definition) is 2. The summed E-state index contributed by atoms with van der Waals surface area (Å²) in [4.78, 5) is 40.9. The minimum Gasteiger partial charge on any atom is -0.478 e. The van der Waals surface area contributed by atoms with Crippen molar-refractivity contribution in [1.29, 1.82) is 0 Å². The number of thiocarbonyl (C=S) groups is 1. The molecule has 2 aromatic heterocycles. The van der Waals surface area contributed by atoms with E-state index in [1.165, 1.54) is 16.2 Å². The van der Waals surface area contributed by atoms with Crippen LogP contribution in [0, 0.1) is 20.8 Å². The van der Waals surface area contributed by atoms with E-state index in [1.807, 2.05) is 43.5 Å². The molecular weight excluding hydrogens is 494 g/mol. The SMILES string of the molecule is Cc1ccc(N2C(=O)/C(=C/c3cc(C)n(-c4sc5c(c4C(=O)O)CCCC5)c3C)C(=O)NC2=S)cc1. The molecule has 2 aliphatic rings. The molecule has 9 heteroatoms. The van der Waals surface area contributed by atoms with Crippen LogP contribution in [0.5, 0.6) is 0 Å². The van der Waals surface area contributed by atoms with Gasteiger partial charge in [-0.25, -0.2) is 4.79 Å². The van der Waals surface area contributed by atoms with Crippen LogP contribution in [-0.2, 0) is 22.4 Å². The Morgan fingerprint density at radius 1 is 1.11 bits per heavy atom. The molecule has 0 saturated carbocycles. The molecule has 1 aliphatic heterocycles. The molecule has 0 bridgehead atoms. The van der Waals surface area contributed by atoms with Gasteiger partial charge in [-0.3, -0.25) is 19.8 Å². The largest absolute Gasteiger partial charge is 0.478 e. The lowest BCUT2D eigenvalue weighted by atomic mass is 9.95. The zero-order chi connectivity index (χ0) is 25.7. The summed E-state index contributed by atoms with van der Waals surface area (Å²) in [7, 11) is 0. The molecule has 36 heavy (non-hydrogen) atoms. The smallest absolute Gasteiger partial charge is 0.339 e. The molecule has 1 saturated heterocycles. The maximum Gasteiger partial charge on any atom is 0.339 e. The van der Waals surface area contributed by atoms with E-state index in [0.717, 1.165) is 53.1 Å². The Kier molecular flexibility index (Phi) is 6.13. The summed E-state index contributed by atoms with van der Waals surface area (Å²) < 4.78 is 1.92. The number of rotatable bonds is 4. The zero-order valence-electron chi connectivity index (χ0n) is 20.2. The molecule has 1 aromatic carbocycles. The van der Waals surface area contributed by atoms with Crippen molar-refractivity contribution >= 4 is 58.2 Å². The average Bonchev–Trinajstić information content (AvgIpc) is 3.34. The van der Waals surface area contributed by atoms with Gasteiger partial charge in [-0.15, -0.1) is 11.3 Å². The van der Waals surface area contributed by atoms with Gasteiger partial charge >= 0.3 is 5.97 Å². The van der Waals surface area contributed by atoms with E-state index in [9.17, 15) is 19.5 Å². The van der Waals surface area contributed by atoms with Crippen LogP contribution in [0.25, 0.3) is 11.1 Å². The van der Waals surface area contributed by atoms with Crippen LogP contribution in [0.15, 0.2) is 35.9 Å². The van der Waals surface area contributed by atoms with Crippen molar-refractivity contribution in [3.8, 4) is 5.00 Å². The molecule has 0 unspecified atom stereocenters. The van der Waals surface area contributed by atoms with Gasteiger partial charge in [0.1, 0.15) is 10.6 Å². The van der Waals surface area contributed by atoms with Gasteiger partial charge in [0.25, 0.3) is 11.8 Å². The first-order chi connectivity index (χ1) is 17.2. The average molecular weight is 520 g/mol. The number of aromatic carboxylic acids is 1. The number of hydrogen-bond acceptors (Lipinski definition) is 5. The van der Waals surface area contributed by atoms with Gasteiger partial charge < -0.3 is 9.67 Å². The molecule has 3 heterocycles. The summed E-state index contributed by atoms with van der Waals surface area (Å²) in [6, 6.07) is 9.19. The highest BCUT2D eigenvalue weighted by Crippen LogP contribution is 2.39. The third-order valence-electron chi connectivity index (χ3n) is 6.73. The van der Waals surface area contributed by atoms with Gasteiger partial charge in [-0.2, -0.15) is 0 Å². The fourth-order valence-electron chi connectivity index (χ4n) is 4.92. The molecule has 3 aromatic rings. The Balaban J connectivity index is 1.58. The summed E-state index contributed by atoms with van der Waals surface area (Å²) in [6.45, 7) is 5.72. The van der Waals surface area contributed by atoms with E-state index in [1.54, 1.807) is 18.2 Å². The number of aromatic nitrogens is 1. The lowest BCUT2D eigenvalue weighted by Gasteiger charge is -2.29. The van der Waals surface area contributed by atoms with Gasteiger partial charge in [0.15, 0.2) is 5.11 Å². The molecule has 7 nitrogen and oxygen atoms in total. The molecule has 0 atom stereocenters. The van der Waals surface area contributed by atoms with Crippen LogP contribution in [-0.4, -0.2) is 32.6 Å². The first-order valence-electron chi connectivity index (χ1n) is 11.7. The third kappa shape index (κ3) is 3.98. The van der Waals surface area contributed by atoms with Crippen molar-refractivity contribution in [3.63, 3.8) is 0 Å². The van der Waals surface area contributed by atoms with Crippen LogP contribution in [0.1, 0.15) is 56.2 Å². The molecule has 5 rings (SSSR count). The molecule has 184 valence electrons. The second kappa shape index (κ2) is 9.15. The highest BCUT2D eigenvalue weighted by molar-refractivity contribution is 7.80. The van der Waals surface area contributed by atoms with Gasteiger partial charge in [0.2, 0.25) is 0 Å². The van der Waals surface area contributed by atoms with Crippen molar-refractivity contribution in [2.45, 2.75) is 46.5 Å². The monoisotopic (exact) mass is 519 g/mol. The van der Waals surface area contributed by atoms with Crippen LogP contribution < -0.4 is 10.2 Å². The topological polar surface area (TPSA) is 91.6 Å². The fraction of sp³-hybridized carbons (Fsp3) is 0.259. The quantitative estimate of drug-likeness (QED) is 0.292. The second-order valence-corrected chi connectivity index (χ2v) is 10.6. The lowest BCUT2D eigenvalue weighted by molar-refractivity contribution is -0.122. The first kappa shape index (κ1) is 24.1. The van der Waals surface area contributed by atoms with Gasteiger partial charge in [0.05, 0.1) is 11.3 Å². The van der Waals surface area contributed by atoms with Gasteiger partial charge in [-0.1, -0.05) is 17.7 Å². The number of anilines is 1. The van der Waals surface area contributed by atoms with E-state index >= 15 is 0 Å². The Labute approximate surface area is 218 Å². The van der Waals surface area contributed by atoms with Crippen molar-refractivity contribution < 1.29 is 19.5 Å². The predicted octanol–water partition coefficient (Wildman–Crippen LogP) is 4.87. The maximum absolute atomic E-state index is 13.4. The van der Waals surface area contributed by atoms with Crippen molar-refractivity contribution in [2.75, 3.05) is 4.90 Å². The van der Waals surface area contributed by atoms with E-state index in [0.29, 0.717) is 21.8 Å². The molecular formula is C27H25N3O4S2. The Hall–Kier alpha value is -3.56. The molecule has 1 fully saturated rings. The second-order valence-electron chi connectivity index (χ2n) is 9.15. The van der Waals surface area contributed by atoms with Crippen LogP contribution >= 0.6 is 23.6 Å². The Bertz CT molecular complexity index is 1480. The van der Waals surface area contributed by atoms with E-state index in [2.05, 4.69) is 5.32 Å². The van der Waals surface area contributed by atoms with E-state index < -0.39 is 17.8 Å². The van der Waals surface area contributed by atoms with Crippen molar-refractivity contribution in [2.24, 2.45) is 0 Å². The summed E-state index contributed by atoms with van der Waals surface area (Å²) in [5.74, 6) is -1.99. The number of carboxylic acid groups (broad SMARTS) is 1. The highest BCUT2D eigenvalue weighted by Gasteiger charge is 2.35. The van der Waals surface area contributed by atoms with Crippen LogP contribution in [0.3, 0.4) is 0 Å². The van der Waals surface area contributed by atoms with E-state index in [-0.39, 0.29) is 10.7 Å². The minimum atomic E-state index is -0.930. The molecule has 2 N–H and O–H groups in total. The standard InChI is InChI=1S/C27H25N3O4S2/c1-14-8-10-18(11-9-14)30-24(32)20(23(31)28-27(30)35)13-17-12-15(2)29(16(17)3)25-22(26(33)34)19-6-4-5-7-21(19)36-25/h8-13H,4-7H2,1-3H3,(H,33,34)(H,28,31,35)/b20-13+. The number of carbonyl (C=O) groups excluding carboxylic acids is 2. The first-order valence-corrected chi connectivity index (χ1v) is 12.9. The maximum atomic E-state index is 13.4. The fourth-order valence-corrected chi connectivity index (χ4v) is 6.69. The Morgan fingerprint density at radius 2 is 1.81 bits per heavy atom. The highest BCUT2D eigenvalue weighted by atomic mass is 32.1. The number of carbonyl (C=O) groups is 3. The summed E-state index contributed by atoms with van der Waals surface area (Å²) in [5.41, 5.74) is 5.13. The predicted molar refractivity (Wildman–Crippen MR) is 144 cm³/mol. The number of benzene rings is 1. The number of fused-ring (bicyclic) bond motifs is 1. The summed E-state index contributed by atoms with van der Waals surface area (Å²) >= 11 is 6.82. The van der Waals surface area contributed by atoms with Gasteiger partial charge in [0, 0.05) is 16.3 Å². The van der Waals surface area contributed by atoms with E-state index in [4.69, 9.17) is 12.2 Å². The molecule has 1 aliphatic carbocycles. The number of nitrogens with zero attached hydrogens (tertiary/aromatic N) is 2. The number of thiophene rings is 1. The number of amides is 2. The van der Waals surface area contributed by atoms with Crippen LogP contribution in [0.4, 0.5) is 5.69 Å². The van der Waals surface area contributed by atoms with Crippen LogP contribution in [0.2, 0.25) is 0 Å². The summed E-state index contributed by atoms with van der Waals surface area (Å²) in [5, 5.41) is 13.4. The van der Waals surface area contributed by atoms with Crippen molar-refractivity contribution in [3.05, 3.63) is 74.4 Å². The molecule has 0 spiro atoms. The Morgan fingerprint density at radius 3 is 2.50 bits per heavy atom.